The van der Waals surface area contributed by atoms with Crippen molar-refractivity contribution in [2.24, 2.45) is 0 Å². The van der Waals surface area contributed by atoms with Crippen LogP contribution in [0.4, 0.5) is 23.0 Å². The Bertz CT molecular complexity index is 2410. The third-order valence-corrected chi connectivity index (χ3v) is 8.61. The molecule has 0 atom stereocenters. The van der Waals surface area contributed by atoms with Crippen LogP contribution in [0.3, 0.4) is 0 Å². The minimum Gasteiger partial charge on any atom is -0.288 e. The van der Waals surface area contributed by atoms with E-state index in [9.17, 15) is 9.59 Å². The maximum atomic E-state index is 14.2. The lowest BCUT2D eigenvalue weighted by Gasteiger charge is -2.24. The highest BCUT2D eigenvalue weighted by Gasteiger charge is 2.39. The first kappa shape index (κ1) is 24.0. The number of nitrogens with zero attached hydrogens (tertiary/aromatic N) is 4. The van der Waals surface area contributed by atoms with Crippen LogP contribution in [-0.2, 0) is 0 Å². The average molecular weight is 595 g/mol. The van der Waals surface area contributed by atoms with E-state index in [1.807, 2.05) is 107 Å². The standard InChI is InChI=1S/C40H24N4O2/c45-37-31(38(46)36-30-20-10-8-18-28(30)27-17-7-9-19-29(27)35(36)37)23-24-34-43(25-13-3-1-4-14-25)39-40(44(34)26-15-5-2-6-16-26)42-33-22-12-11-21-32(33)41-39/h1-24H/i1D,2D. The van der Waals surface area contributed by atoms with Crippen LogP contribution in [0.5, 0.6) is 0 Å². The predicted molar refractivity (Wildman–Crippen MR) is 183 cm³/mol. The monoisotopic (exact) mass is 594 g/mol. The summed E-state index contributed by atoms with van der Waals surface area (Å²) in [5.74, 6) is 1.04. The van der Waals surface area contributed by atoms with Crippen molar-refractivity contribution in [3.63, 3.8) is 0 Å². The summed E-state index contributed by atoms with van der Waals surface area (Å²) in [5.41, 5.74) is 3.78. The number of rotatable bonds is 3. The first-order valence-electron chi connectivity index (χ1n) is 15.9. The fourth-order valence-corrected chi connectivity index (χ4v) is 6.61. The fraction of sp³-hybridized carbons (Fsp3) is 0. The minimum atomic E-state index is -0.318. The molecule has 6 nitrogen and oxygen atoms in total. The number of anilines is 4. The van der Waals surface area contributed by atoms with E-state index in [4.69, 9.17) is 12.7 Å². The molecule has 216 valence electrons. The van der Waals surface area contributed by atoms with Gasteiger partial charge in [0.05, 0.1) is 19.3 Å². The second-order valence-electron chi connectivity index (χ2n) is 11.2. The van der Waals surface area contributed by atoms with Gasteiger partial charge in [-0.15, -0.1) is 0 Å². The molecule has 1 aliphatic heterocycles. The number of aromatic nitrogens is 2. The van der Waals surface area contributed by atoms with E-state index in [1.165, 1.54) is 0 Å². The highest BCUT2D eigenvalue weighted by molar-refractivity contribution is 6.46. The van der Waals surface area contributed by atoms with Crippen LogP contribution < -0.4 is 9.80 Å². The van der Waals surface area contributed by atoms with Gasteiger partial charge in [-0.25, -0.2) is 9.97 Å². The van der Waals surface area contributed by atoms with Crippen molar-refractivity contribution in [2.75, 3.05) is 9.80 Å². The van der Waals surface area contributed by atoms with Crippen LogP contribution in [-0.4, -0.2) is 21.5 Å². The summed E-state index contributed by atoms with van der Waals surface area (Å²) >= 11 is 0. The molecule has 0 fully saturated rings. The number of benzene rings is 6. The summed E-state index contributed by atoms with van der Waals surface area (Å²) in [7, 11) is 0. The highest BCUT2D eigenvalue weighted by atomic mass is 16.2. The molecule has 0 N–H and O–H groups in total. The van der Waals surface area contributed by atoms with Gasteiger partial charge in [-0.3, -0.25) is 19.4 Å². The molecule has 6 heteroatoms. The fourth-order valence-electron chi connectivity index (χ4n) is 6.61. The van der Waals surface area contributed by atoms with Crippen LogP contribution in [0, 0.1) is 0 Å². The van der Waals surface area contributed by atoms with E-state index in [-0.39, 0.29) is 17.1 Å². The van der Waals surface area contributed by atoms with Gasteiger partial charge in [0.15, 0.2) is 23.2 Å². The number of hydrogen-bond acceptors (Lipinski definition) is 6. The van der Waals surface area contributed by atoms with Crippen molar-refractivity contribution in [2.45, 2.75) is 0 Å². The topological polar surface area (TPSA) is 66.4 Å². The summed E-state index contributed by atoms with van der Waals surface area (Å²) in [6.45, 7) is 0. The van der Waals surface area contributed by atoms with Gasteiger partial charge in [-0.2, -0.15) is 0 Å². The van der Waals surface area contributed by atoms with Gasteiger partial charge in [0.2, 0.25) is 0 Å². The number of para-hydroxylation sites is 4. The van der Waals surface area contributed by atoms with Gasteiger partial charge in [0.25, 0.3) is 0 Å². The molecule has 1 aliphatic carbocycles. The molecule has 0 saturated carbocycles. The van der Waals surface area contributed by atoms with E-state index in [0.29, 0.717) is 51.7 Å². The quantitative estimate of drug-likeness (QED) is 0.116. The van der Waals surface area contributed by atoms with Gasteiger partial charge in [0, 0.05) is 22.5 Å². The molecular formula is C40H24N4O2. The van der Waals surface area contributed by atoms with E-state index < -0.39 is 0 Å². The van der Waals surface area contributed by atoms with Crippen molar-refractivity contribution in [3.05, 3.63) is 168 Å². The van der Waals surface area contributed by atoms with Crippen molar-refractivity contribution >= 4 is 67.2 Å². The average Bonchev–Trinajstić information content (AvgIpc) is 3.56. The molecule has 0 bridgehead atoms. The lowest BCUT2D eigenvalue weighted by atomic mass is 9.93. The van der Waals surface area contributed by atoms with E-state index in [0.717, 1.165) is 32.9 Å². The molecule has 0 amide bonds. The van der Waals surface area contributed by atoms with E-state index in [1.54, 1.807) is 36.4 Å². The number of carbonyl (C=O) groups is 2. The molecule has 6 aromatic carbocycles. The summed E-state index contributed by atoms with van der Waals surface area (Å²) in [6.07, 6.45) is 3.37. The minimum absolute atomic E-state index is 0.0731. The summed E-state index contributed by atoms with van der Waals surface area (Å²) in [5, 5.41) is 3.36. The Morgan fingerprint density at radius 3 is 1.37 bits per heavy atom. The second-order valence-corrected chi connectivity index (χ2v) is 11.2. The maximum absolute atomic E-state index is 14.2. The number of carbonyl (C=O) groups excluding carboxylic acids is 2. The number of ketones is 2. The number of Topliss-reactive ketones (excluding diaryl/α,β-unsaturated/α-hetero) is 2. The lowest BCUT2D eigenvalue weighted by molar-refractivity contribution is 0.0989. The smallest absolute Gasteiger partial charge is 0.198 e. The Kier molecular flexibility index (Phi) is 5.25. The van der Waals surface area contributed by atoms with Crippen molar-refractivity contribution in [1.82, 2.24) is 9.97 Å². The summed E-state index contributed by atoms with van der Waals surface area (Å²) in [4.78, 5) is 42.3. The Morgan fingerprint density at radius 2 is 0.913 bits per heavy atom. The number of fused-ring (bicyclic) bond motifs is 8. The third-order valence-electron chi connectivity index (χ3n) is 8.61. The molecule has 0 radical (unpaired) electrons. The number of hydrogen-bond donors (Lipinski definition) is 0. The zero-order valence-corrected chi connectivity index (χ0v) is 24.3. The van der Waals surface area contributed by atoms with Gasteiger partial charge < -0.3 is 0 Å². The normalized spacial score (nSPS) is 14.6. The van der Waals surface area contributed by atoms with E-state index in [2.05, 4.69) is 0 Å². The zero-order valence-electron chi connectivity index (χ0n) is 26.3. The van der Waals surface area contributed by atoms with Crippen LogP contribution >= 0.6 is 0 Å². The van der Waals surface area contributed by atoms with Crippen LogP contribution in [0.15, 0.2) is 157 Å². The highest BCUT2D eigenvalue weighted by Crippen LogP contribution is 2.48. The largest absolute Gasteiger partial charge is 0.288 e. The van der Waals surface area contributed by atoms with Crippen LogP contribution in [0.2, 0.25) is 0 Å². The Balaban J connectivity index is 1.29. The van der Waals surface area contributed by atoms with Crippen LogP contribution in [0.25, 0.3) is 32.6 Å². The molecule has 2 aliphatic rings. The Hall–Kier alpha value is -6.40. The molecule has 7 aromatic rings. The SMILES string of the molecule is [2H]c1ccc(N2C(=CC=C3C(=O)c4c(c5ccccc5c5ccccc45)C3=O)N(c3ccc([2H])cc3)c3nc4ccccc4nc32)cc1. The van der Waals surface area contributed by atoms with Crippen molar-refractivity contribution in [3.8, 4) is 0 Å². The van der Waals surface area contributed by atoms with Gasteiger partial charge in [0.1, 0.15) is 5.82 Å². The predicted octanol–water partition coefficient (Wildman–Crippen LogP) is 9.07. The van der Waals surface area contributed by atoms with Crippen molar-refractivity contribution < 1.29 is 12.3 Å². The van der Waals surface area contributed by atoms with Gasteiger partial charge in [-0.05, 0) is 70.1 Å². The molecule has 0 spiro atoms. The lowest BCUT2D eigenvalue weighted by Crippen LogP contribution is -2.22. The molecule has 0 saturated heterocycles. The molecule has 2 heterocycles. The van der Waals surface area contributed by atoms with E-state index >= 15 is 0 Å². The number of allylic oxidation sites excluding steroid dienone is 3. The molecule has 0 unspecified atom stereocenters. The second kappa shape index (κ2) is 10.1. The molecule has 9 rings (SSSR count). The van der Waals surface area contributed by atoms with Crippen LogP contribution in [0.1, 0.15) is 23.5 Å². The van der Waals surface area contributed by atoms with Crippen molar-refractivity contribution in [1.29, 1.82) is 0 Å². The third kappa shape index (κ3) is 3.77. The summed E-state index contributed by atoms with van der Waals surface area (Å²) < 4.78 is 16.2. The zero-order chi connectivity index (χ0) is 32.5. The molecule has 1 aromatic heterocycles. The summed E-state index contributed by atoms with van der Waals surface area (Å²) in [6, 6.07) is 37.9. The van der Waals surface area contributed by atoms with Gasteiger partial charge >= 0.3 is 0 Å². The first-order valence-corrected chi connectivity index (χ1v) is 14.9. The maximum Gasteiger partial charge on any atom is 0.198 e. The molecule has 46 heavy (non-hydrogen) atoms. The Labute approximate surface area is 267 Å². The first-order chi connectivity index (χ1) is 23.5. The van der Waals surface area contributed by atoms with Gasteiger partial charge in [-0.1, -0.05) is 97.0 Å². The molecular weight excluding hydrogens is 568 g/mol. The Morgan fingerprint density at radius 1 is 0.500 bits per heavy atom.